The largest absolute Gasteiger partial charge is 0.290 e. The fourth-order valence-electron chi connectivity index (χ4n) is 3.08. The molecule has 0 aliphatic heterocycles. The highest BCUT2D eigenvalue weighted by atomic mass is 16.1. The third kappa shape index (κ3) is 3.52. The molecule has 2 aromatic rings. The Hall–Kier alpha value is -2.36. The molecule has 1 aromatic heterocycles. The van der Waals surface area contributed by atoms with Gasteiger partial charge in [-0.05, 0) is 25.8 Å². The highest BCUT2D eigenvalue weighted by Crippen LogP contribution is 2.26. The van der Waals surface area contributed by atoms with E-state index >= 15 is 0 Å². The van der Waals surface area contributed by atoms with Crippen LogP contribution in [0.4, 0.5) is 0 Å². The van der Waals surface area contributed by atoms with Crippen LogP contribution in [0.1, 0.15) is 64.5 Å². The van der Waals surface area contributed by atoms with E-state index in [1.807, 2.05) is 18.2 Å². The number of ketones is 2. The highest BCUT2D eigenvalue weighted by Gasteiger charge is 2.25. The second-order valence-electron chi connectivity index (χ2n) is 6.11. The van der Waals surface area contributed by atoms with E-state index in [2.05, 4.69) is 9.97 Å². The lowest BCUT2D eigenvalue weighted by atomic mass is 9.86. The maximum absolute atomic E-state index is 12.6. The molecule has 23 heavy (non-hydrogen) atoms. The molecule has 3 rings (SSSR count). The standard InChI is InChI=1S/C19H20N2O2/c1-13-12-16(17(22)14-8-4-2-5-9-14)21-19(20-13)18(23)15-10-6-3-7-11-15/h2,4-5,8-9,12,15H,3,6-7,10-11H2,1H3. The maximum atomic E-state index is 12.6. The Labute approximate surface area is 136 Å². The van der Waals surface area contributed by atoms with E-state index in [9.17, 15) is 9.59 Å². The van der Waals surface area contributed by atoms with E-state index in [4.69, 9.17) is 0 Å². The molecule has 0 radical (unpaired) electrons. The average Bonchev–Trinajstić information content (AvgIpc) is 2.61. The van der Waals surface area contributed by atoms with Gasteiger partial charge in [0.25, 0.3) is 0 Å². The van der Waals surface area contributed by atoms with Crippen molar-refractivity contribution in [2.45, 2.75) is 39.0 Å². The van der Waals surface area contributed by atoms with Gasteiger partial charge in [0.1, 0.15) is 5.69 Å². The van der Waals surface area contributed by atoms with Crippen molar-refractivity contribution in [1.29, 1.82) is 0 Å². The second kappa shape index (κ2) is 6.82. The van der Waals surface area contributed by atoms with Crippen molar-refractivity contribution >= 4 is 11.6 Å². The Morgan fingerprint density at radius 2 is 1.70 bits per heavy atom. The molecule has 0 atom stereocenters. The predicted octanol–water partition coefficient (Wildman–Crippen LogP) is 3.78. The second-order valence-corrected chi connectivity index (χ2v) is 6.11. The van der Waals surface area contributed by atoms with Gasteiger partial charge in [0.2, 0.25) is 11.6 Å². The highest BCUT2D eigenvalue weighted by molar-refractivity contribution is 6.08. The van der Waals surface area contributed by atoms with Crippen molar-refractivity contribution < 1.29 is 9.59 Å². The first kappa shape index (κ1) is 15.5. The number of rotatable bonds is 4. The molecule has 1 fully saturated rings. The molecular weight excluding hydrogens is 288 g/mol. The fourth-order valence-corrected chi connectivity index (χ4v) is 3.08. The smallest absolute Gasteiger partial charge is 0.211 e. The summed E-state index contributed by atoms with van der Waals surface area (Å²) in [6.45, 7) is 1.79. The summed E-state index contributed by atoms with van der Waals surface area (Å²) >= 11 is 0. The lowest BCUT2D eigenvalue weighted by Gasteiger charge is -2.19. The summed E-state index contributed by atoms with van der Waals surface area (Å²) in [6, 6.07) is 10.6. The Balaban J connectivity index is 1.90. The normalized spacial score (nSPS) is 15.3. The molecule has 0 bridgehead atoms. The van der Waals surface area contributed by atoms with Crippen molar-refractivity contribution in [1.82, 2.24) is 9.97 Å². The Bertz CT molecular complexity index is 719. The van der Waals surface area contributed by atoms with E-state index in [0.29, 0.717) is 17.0 Å². The number of hydrogen-bond acceptors (Lipinski definition) is 4. The van der Waals surface area contributed by atoms with Crippen molar-refractivity contribution in [2.75, 3.05) is 0 Å². The molecule has 0 spiro atoms. The van der Waals surface area contributed by atoms with Crippen LogP contribution in [0.25, 0.3) is 0 Å². The molecule has 4 heteroatoms. The van der Waals surface area contributed by atoms with E-state index < -0.39 is 0 Å². The van der Waals surface area contributed by atoms with Gasteiger partial charge in [-0.3, -0.25) is 9.59 Å². The van der Waals surface area contributed by atoms with Gasteiger partial charge in [-0.15, -0.1) is 0 Å². The van der Waals surface area contributed by atoms with Crippen molar-refractivity contribution in [3.63, 3.8) is 0 Å². The van der Waals surface area contributed by atoms with Crippen LogP contribution in [0.3, 0.4) is 0 Å². The first-order valence-electron chi connectivity index (χ1n) is 8.15. The molecule has 0 amide bonds. The Morgan fingerprint density at radius 3 is 2.39 bits per heavy atom. The monoisotopic (exact) mass is 308 g/mol. The van der Waals surface area contributed by atoms with Gasteiger partial charge in [0.05, 0.1) is 0 Å². The van der Waals surface area contributed by atoms with Gasteiger partial charge in [-0.2, -0.15) is 0 Å². The molecule has 0 saturated heterocycles. The topological polar surface area (TPSA) is 59.9 Å². The summed E-state index contributed by atoms with van der Waals surface area (Å²) in [5.74, 6) is 0.00529. The minimum Gasteiger partial charge on any atom is -0.290 e. The van der Waals surface area contributed by atoms with Crippen LogP contribution in [-0.2, 0) is 0 Å². The molecule has 0 N–H and O–H groups in total. The molecule has 4 nitrogen and oxygen atoms in total. The van der Waals surface area contributed by atoms with Gasteiger partial charge in [0.15, 0.2) is 5.82 Å². The van der Waals surface area contributed by atoms with E-state index in [0.717, 1.165) is 25.7 Å². The zero-order valence-electron chi connectivity index (χ0n) is 13.3. The molecule has 1 heterocycles. The number of nitrogens with zero attached hydrogens (tertiary/aromatic N) is 2. The lowest BCUT2D eigenvalue weighted by molar-refractivity contribution is 0.0878. The minimum atomic E-state index is -0.172. The number of hydrogen-bond donors (Lipinski definition) is 0. The predicted molar refractivity (Wildman–Crippen MR) is 87.5 cm³/mol. The first-order chi connectivity index (χ1) is 11.1. The Morgan fingerprint density at radius 1 is 1.00 bits per heavy atom. The third-order valence-electron chi connectivity index (χ3n) is 4.32. The van der Waals surface area contributed by atoms with E-state index in [-0.39, 0.29) is 23.3 Å². The molecule has 118 valence electrons. The summed E-state index contributed by atoms with van der Waals surface area (Å²) in [4.78, 5) is 33.7. The van der Waals surface area contributed by atoms with Crippen molar-refractivity contribution in [2.24, 2.45) is 5.92 Å². The quantitative estimate of drug-likeness (QED) is 0.806. The summed E-state index contributed by atoms with van der Waals surface area (Å²) in [5, 5.41) is 0. The number of Topliss-reactive ketones (excluding diaryl/α,β-unsaturated/α-hetero) is 1. The van der Waals surface area contributed by atoms with Gasteiger partial charge >= 0.3 is 0 Å². The summed E-state index contributed by atoms with van der Waals surface area (Å²) < 4.78 is 0. The zero-order chi connectivity index (χ0) is 16.2. The molecule has 1 saturated carbocycles. The van der Waals surface area contributed by atoms with Crippen LogP contribution in [0, 0.1) is 12.8 Å². The van der Waals surface area contributed by atoms with Gasteiger partial charge < -0.3 is 0 Å². The summed E-state index contributed by atoms with van der Waals surface area (Å²) in [5.41, 5.74) is 1.52. The van der Waals surface area contributed by atoms with Crippen LogP contribution in [0.15, 0.2) is 36.4 Å². The van der Waals surface area contributed by atoms with Crippen molar-refractivity contribution in [3.05, 3.63) is 59.2 Å². The van der Waals surface area contributed by atoms with Crippen LogP contribution in [0.2, 0.25) is 0 Å². The molecule has 1 aromatic carbocycles. The van der Waals surface area contributed by atoms with Crippen LogP contribution in [-0.4, -0.2) is 21.5 Å². The van der Waals surface area contributed by atoms with E-state index in [1.54, 1.807) is 25.1 Å². The molecule has 1 aliphatic rings. The lowest BCUT2D eigenvalue weighted by Crippen LogP contribution is -2.22. The van der Waals surface area contributed by atoms with Crippen LogP contribution < -0.4 is 0 Å². The average molecular weight is 308 g/mol. The third-order valence-corrected chi connectivity index (χ3v) is 4.32. The SMILES string of the molecule is Cc1cc(C(=O)c2ccccc2)nc(C(=O)C2CCCCC2)n1. The number of aromatic nitrogens is 2. The van der Waals surface area contributed by atoms with Gasteiger partial charge in [-0.1, -0.05) is 49.6 Å². The maximum Gasteiger partial charge on any atom is 0.211 e. The summed E-state index contributed by atoms with van der Waals surface area (Å²) in [7, 11) is 0. The van der Waals surface area contributed by atoms with Gasteiger partial charge in [-0.25, -0.2) is 9.97 Å². The fraction of sp³-hybridized carbons (Fsp3) is 0.368. The minimum absolute atomic E-state index is 0.00484. The number of carbonyl (C=O) groups excluding carboxylic acids is 2. The first-order valence-corrected chi connectivity index (χ1v) is 8.15. The number of benzene rings is 1. The molecule has 0 unspecified atom stereocenters. The van der Waals surface area contributed by atoms with Crippen molar-refractivity contribution in [3.8, 4) is 0 Å². The molecule has 1 aliphatic carbocycles. The number of carbonyl (C=O) groups is 2. The zero-order valence-corrected chi connectivity index (χ0v) is 13.3. The number of aryl methyl sites for hydroxylation is 1. The van der Waals surface area contributed by atoms with Crippen LogP contribution >= 0.6 is 0 Å². The Kier molecular flexibility index (Phi) is 4.60. The molecular formula is C19H20N2O2. The summed E-state index contributed by atoms with van der Waals surface area (Å²) in [6.07, 6.45) is 5.16. The van der Waals surface area contributed by atoms with Gasteiger partial charge in [0, 0.05) is 17.2 Å². The van der Waals surface area contributed by atoms with E-state index in [1.165, 1.54) is 6.42 Å². The van der Waals surface area contributed by atoms with Crippen LogP contribution in [0.5, 0.6) is 0 Å².